The molecule has 40 heavy (non-hydrogen) atoms. The van der Waals surface area contributed by atoms with Gasteiger partial charge in [0.05, 0.1) is 49.7 Å². The number of aryl methyl sites for hydroxylation is 2. The van der Waals surface area contributed by atoms with Crippen LogP contribution in [0, 0.1) is 36.5 Å². The van der Waals surface area contributed by atoms with Crippen LogP contribution >= 0.6 is 0 Å². The molecular formula is C28H40N4O6S2. The van der Waals surface area contributed by atoms with E-state index in [1.807, 2.05) is 20.9 Å². The molecular weight excluding hydrogens is 552 g/mol. The maximum atomic E-state index is 11.1. The van der Waals surface area contributed by atoms with Crippen molar-refractivity contribution >= 4 is 20.2 Å². The molecule has 0 N–H and O–H groups in total. The van der Waals surface area contributed by atoms with Gasteiger partial charge in [0, 0.05) is 12.8 Å². The minimum Gasteiger partial charge on any atom is -0.744 e. The molecule has 2 aromatic carbocycles. The summed E-state index contributed by atoms with van der Waals surface area (Å²) in [6.45, 7) is 5.97. The van der Waals surface area contributed by atoms with Crippen LogP contribution in [0.4, 0.5) is 0 Å². The average molecular weight is 593 g/mol. The minimum absolute atomic E-state index is 0.178. The summed E-state index contributed by atoms with van der Waals surface area (Å²) in [6.07, 6.45) is 4.55. The van der Waals surface area contributed by atoms with Crippen LogP contribution in [0.15, 0.2) is 58.3 Å². The maximum Gasteiger partial charge on any atom is 0.296 e. The second-order valence-electron chi connectivity index (χ2n) is 10.3. The normalized spacial score (nSPS) is 19.8. The van der Waals surface area contributed by atoms with Crippen molar-refractivity contribution in [3.8, 4) is 12.1 Å². The van der Waals surface area contributed by atoms with Gasteiger partial charge in [0.1, 0.15) is 16.2 Å². The predicted molar refractivity (Wildman–Crippen MR) is 151 cm³/mol. The second-order valence-corrected chi connectivity index (χ2v) is 13.4. The molecule has 0 aliphatic carbocycles. The largest absolute Gasteiger partial charge is 0.744 e. The van der Waals surface area contributed by atoms with Crippen LogP contribution in [0.2, 0.25) is 0 Å². The Labute approximate surface area is 239 Å². The van der Waals surface area contributed by atoms with E-state index in [1.165, 1.54) is 37.1 Å². The molecule has 2 saturated heterocycles. The molecule has 220 valence electrons. The number of quaternary nitrogens is 1. The van der Waals surface area contributed by atoms with Gasteiger partial charge in [-0.25, -0.2) is 8.42 Å². The van der Waals surface area contributed by atoms with Crippen LogP contribution < -0.4 is 0 Å². The third-order valence-electron chi connectivity index (χ3n) is 6.71. The van der Waals surface area contributed by atoms with Crippen molar-refractivity contribution in [2.45, 2.75) is 61.4 Å². The van der Waals surface area contributed by atoms with E-state index in [1.54, 1.807) is 24.3 Å². The Morgan fingerprint density at radius 3 is 1.65 bits per heavy atom. The van der Waals surface area contributed by atoms with Gasteiger partial charge in [-0.05, 0) is 64.5 Å². The fraction of sp³-hybridized carbons (Fsp3) is 0.500. The Morgan fingerprint density at radius 2 is 1.38 bits per heavy atom. The van der Waals surface area contributed by atoms with Crippen molar-refractivity contribution in [1.82, 2.24) is 4.90 Å². The van der Waals surface area contributed by atoms with Crippen LogP contribution in [0.3, 0.4) is 0 Å². The van der Waals surface area contributed by atoms with E-state index in [2.05, 4.69) is 35.3 Å². The van der Waals surface area contributed by atoms with E-state index in [-0.39, 0.29) is 21.9 Å². The lowest BCUT2D eigenvalue weighted by Crippen LogP contribution is -2.42. The van der Waals surface area contributed by atoms with Gasteiger partial charge in [0.15, 0.2) is 6.04 Å². The molecule has 12 heteroatoms. The molecule has 10 nitrogen and oxygen atoms in total. The van der Waals surface area contributed by atoms with Gasteiger partial charge in [-0.3, -0.25) is 9.08 Å². The van der Waals surface area contributed by atoms with E-state index >= 15 is 0 Å². The lowest BCUT2D eigenvalue weighted by atomic mass is 10.2. The highest BCUT2D eigenvalue weighted by molar-refractivity contribution is 7.86. The number of hydrogen-bond acceptors (Lipinski definition) is 9. The second kappa shape index (κ2) is 15.8. The zero-order valence-electron chi connectivity index (χ0n) is 24.1. The van der Waals surface area contributed by atoms with Crippen molar-refractivity contribution in [3.63, 3.8) is 0 Å². The number of nitrogens with zero attached hydrogens (tertiary/aromatic N) is 4. The molecule has 4 rings (SSSR count). The van der Waals surface area contributed by atoms with E-state index in [4.69, 9.17) is 10.5 Å². The zero-order chi connectivity index (χ0) is 30.6. The first-order valence-corrected chi connectivity index (χ1v) is 15.6. The molecule has 2 aliphatic rings. The quantitative estimate of drug-likeness (QED) is 0.296. The Kier molecular flexibility index (Phi) is 13.9. The highest BCUT2D eigenvalue weighted by atomic mass is 32.2. The molecule has 2 fully saturated rings. The topological polar surface area (TPSA) is 151 Å². The van der Waals surface area contributed by atoms with Crippen LogP contribution in [0.25, 0.3) is 0 Å². The Morgan fingerprint density at radius 1 is 0.875 bits per heavy atom. The number of likely N-dealkylation sites (tertiary alicyclic amines) is 2. The van der Waals surface area contributed by atoms with Crippen molar-refractivity contribution in [1.29, 1.82) is 10.5 Å². The molecule has 0 radical (unpaired) electrons. The van der Waals surface area contributed by atoms with E-state index in [0.717, 1.165) is 48.7 Å². The highest BCUT2D eigenvalue weighted by Crippen LogP contribution is 2.20. The number of hydrogen-bond donors (Lipinski definition) is 0. The van der Waals surface area contributed by atoms with Gasteiger partial charge >= 0.3 is 0 Å². The van der Waals surface area contributed by atoms with Crippen LogP contribution in [0.1, 0.15) is 36.8 Å². The summed E-state index contributed by atoms with van der Waals surface area (Å²) < 4.78 is 58.6. The lowest BCUT2D eigenvalue weighted by molar-refractivity contribution is -0.894. The van der Waals surface area contributed by atoms with Crippen molar-refractivity contribution in [2.75, 3.05) is 41.3 Å². The van der Waals surface area contributed by atoms with Gasteiger partial charge in [-0.15, -0.1) is 0 Å². The minimum atomic E-state index is -4.27. The first-order chi connectivity index (χ1) is 18.6. The van der Waals surface area contributed by atoms with Gasteiger partial charge in [-0.1, -0.05) is 35.4 Å². The van der Waals surface area contributed by atoms with E-state index < -0.39 is 20.2 Å². The van der Waals surface area contributed by atoms with Crippen LogP contribution in [0.5, 0.6) is 0 Å². The zero-order valence-corrected chi connectivity index (χ0v) is 25.7. The standard InChI is InChI=1S/C8H10O3S.C7H13N2.C7H8O3S.C6H10N2/c1-7-3-5-8(6-4-7)12(9,10)11-2;1-9(2)5-3-4-7(9)6-8;1-6-2-4-7(5-3-6)11(8,9)10;1-8-4-2-3-6(8)5-7/h3-6H,1-2H3;7H,3-5H2,1-2H3;2-5H,1H3,(H,8,9,10);6H,2-4H2,1H3/q;+1;;/p-1. The Bertz CT molecular complexity index is 1360. The first-order valence-electron chi connectivity index (χ1n) is 12.8. The highest BCUT2D eigenvalue weighted by Gasteiger charge is 2.33. The molecule has 2 aliphatic heterocycles. The first kappa shape index (κ1) is 35.2. The fourth-order valence-corrected chi connectivity index (χ4v) is 5.13. The lowest BCUT2D eigenvalue weighted by Gasteiger charge is -2.26. The fourth-order valence-electron chi connectivity index (χ4n) is 4.00. The summed E-state index contributed by atoms with van der Waals surface area (Å²) in [5.41, 5.74) is 1.95. The molecule has 0 aromatic heterocycles. The molecule has 2 atom stereocenters. The SMILES string of the molecule is CN1CCCC1C#N.COS(=O)(=O)c1ccc(C)cc1.C[N+]1(C)CCCC1C#N.Cc1ccc(S(=O)(=O)[O-])cc1. The van der Waals surface area contributed by atoms with Gasteiger partial charge in [0.25, 0.3) is 10.1 Å². The average Bonchev–Trinajstić information content (AvgIpc) is 3.48. The number of rotatable bonds is 3. The van der Waals surface area contributed by atoms with Crippen LogP contribution in [-0.4, -0.2) is 84.2 Å². The van der Waals surface area contributed by atoms with Crippen molar-refractivity contribution in [2.24, 2.45) is 0 Å². The summed E-state index contributed by atoms with van der Waals surface area (Å²) in [7, 11) is -0.384. The number of benzene rings is 2. The smallest absolute Gasteiger partial charge is 0.296 e. The third-order valence-corrected chi connectivity index (χ3v) is 8.85. The molecule has 2 heterocycles. The monoisotopic (exact) mass is 592 g/mol. The van der Waals surface area contributed by atoms with E-state index in [0.29, 0.717) is 0 Å². The molecule has 0 amide bonds. The predicted octanol–water partition coefficient (Wildman–Crippen LogP) is 3.58. The molecule has 0 bridgehead atoms. The van der Waals surface area contributed by atoms with Gasteiger partial charge in [0.2, 0.25) is 0 Å². The number of nitriles is 2. The van der Waals surface area contributed by atoms with E-state index in [9.17, 15) is 21.4 Å². The van der Waals surface area contributed by atoms with Crippen LogP contribution in [-0.2, 0) is 24.4 Å². The Balaban J connectivity index is 0.000000270. The summed E-state index contributed by atoms with van der Waals surface area (Å²) in [4.78, 5) is 2.11. The van der Waals surface area contributed by atoms with Gasteiger partial charge in [-0.2, -0.15) is 18.9 Å². The summed E-state index contributed by atoms with van der Waals surface area (Å²) in [5.74, 6) is 0. The molecule has 2 unspecified atom stereocenters. The van der Waals surface area contributed by atoms with Gasteiger partial charge < -0.3 is 9.04 Å². The molecule has 0 spiro atoms. The van der Waals surface area contributed by atoms with Crippen molar-refractivity contribution < 1.29 is 30.1 Å². The Hall–Kier alpha value is -2.84. The maximum absolute atomic E-state index is 11.1. The molecule has 2 aromatic rings. The summed E-state index contributed by atoms with van der Waals surface area (Å²) in [5, 5.41) is 17.1. The van der Waals surface area contributed by atoms with Crippen molar-refractivity contribution in [3.05, 3.63) is 59.7 Å². The summed E-state index contributed by atoms with van der Waals surface area (Å²) >= 11 is 0. The third kappa shape index (κ3) is 11.7. The summed E-state index contributed by atoms with van der Waals surface area (Å²) in [6, 6.07) is 17.3. The molecule has 0 saturated carbocycles.